The molecule has 4 rings (SSSR count). The lowest BCUT2D eigenvalue weighted by atomic mass is 10.1. The van der Waals surface area contributed by atoms with Crippen LogP contribution in [0.2, 0.25) is 0 Å². The number of nitrogens with zero attached hydrogens (tertiary/aromatic N) is 3. The highest BCUT2D eigenvalue weighted by molar-refractivity contribution is 7.22. The first-order valence-corrected chi connectivity index (χ1v) is 12.3. The Hall–Kier alpha value is -3.14. The van der Waals surface area contributed by atoms with E-state index >= 15 is 0 Å². The van der Waals surface area contributed by atoms with E-state index in [0.717, 1.165) is 48.6 Å². The molecule has 9 heteroatoms. The number of fused-ring (bicyclic) bond motifs is 1. The molecule has 1 fully saturated rings. The van der Waals surface area contributed by atoms with Gasteiger partial charge in [0.25, 0.3) is 5.91 Å². The van der Waals surface area contributed by atoms with Gasteiger partial charge < -0.3 is 18.9 Å². The minimum atomic E-state index is -0.136. The second kappa shape index (κ2) is 11.5. The Morgan fingerprint density at radius 3 is 2.49 bits per heavy atom. The van der Waals surface area contributed by atoms with Gasteiger partial charge in [-0.25, -0.2) is 4.98 Å². The van der Waals surface area contributed by atoms with Crippen LogP contribution in [0.1, 0.15) is 11.1 Å². The quantitative estimate of drug-likeness (QED) is 0.414. The van der Waals surface area contributed by atoms with E-state index in [-0.39, 0.29) is 5.91 Å². The van der Waals surface area contributed by atoms with Crippen molar-refractivity contribution in [2.45, 2.75) is 6.92 Å². The monoisotopic (exact) mass is 497 g/mol. The molecule has 1 saturated heterocycles. The highest BCUT2D eigenvalue weighted by atomic mass is 32.1. The van der Waals surface area contributed by atoms with Gasteiger partial charge in [0, 0.05) is 32.3 Å². The number of carbonyl (C=O) groups excluding carboxylic acids is 1. The van der Waals surface area contributed by atoms with Crippen LogP contribution in [-0.2, 0) is 9.53 Å². The van der Waals surface area contributed by atoms with Gasteiger partial charge in [0.05, 0.1) is 44.8 Å². The summed E-state index contributed by atoms with van der Waals surface area (Å²) in [5.41, 5.74) is 2.83. The van der Waals surface area contributed by atoms with Crippen molar-refractivity contribution >= 4 is 38.7 Å². The topological polar surface area (TPSA) is 73.4 Å². The van der Waals surface area contributed by atoms with E-state index in [1.807, 2.05) is 24.3 Å². The van der Waals surface area contributed by atoms with Crippen LogP contribution in [0.5, 0.6) is 17.2 Å². The Balaban J connectivity index is 1.60. The molecule has 0 saturated carbocycles. The summed E-state index contributed by atoms with van der Waals surface area (Å²) in [5, 5.41) is 0.693. The van der Waals surface area contributed by atoms with Crippen LogP contribution in [0.15, 0.2) is 36.4 Å². The van der Waals surface area contributed by atoms with E-state index in [0.29, 0.717) is 28.9 Å². The summed E-state index contributed by atoms with van der Waals surface area (Å²) in [5.74, 6) is 1.44. The number of rotatable bonds is 9. The van der Waals surface area contributed by atoms with Crippen LogP contribution >= 0.6 is 11.3 Å². The molecule has 3 aromatic rings. The summed E-state index contributed by atoms with van der Waals surface area (Å²) in [7, 11) is 4.70. The van der Waals surface area contributed by atoms with E-state index in [4.69, 9.17) is 23.9 Å². The summed E-state index contributed by atoms with van der Waals surface area (Å²) in [6.07, 6.45) is 3.32. The van der Waals surface area contributed by atoms with Crippen LogP contribution < -0.4 is 19.1 Å². The van der Waals surface area contributed by atoms with Gasteiger partial charge in [0.2, 0.25) is 5.75 Å². The fourth-order valence-corrected chi connectivity index (χ4v) is 5.05. The summed E-state index contributed by atoms with van der Waals surface area (Å²) in [4.78, 5) is 22.3. The predicted molar refractivity (Wildman–Crippen MR) is 139 cm³/mol. The van der Waals surface area contributed by atoms with Gasteiger partial charge in [-0.1, -0.05) is 17.4 Å². The molecule has 0 unspecified atom stereocenters. The van der Waals surface area contributed by atoms with Crippen LogP contribution in [-0.4, -0.2) is 76.5 Å². The Morgan fingerprint density at radius 1 is 1.11 bits per heavy atom. The number of morpholine rings is 1. The number of methoxy groups -OCH3 is 3. The van der Waals surface area contributed by atoms with Crippen molar-refractivity contribution in [1.29, 1.82) is 0 Å². The number of anilines is 1. The lowest BCUT2D eigenvalue weighted by Gasteiger charge is -2.28. The van der Waals surface area contributed by atoms with Crippen molar-refractivity contribution in [2.75, 3.05) is 65.6 Å². The molecule has 0 spiro atoms. The SMILES string of the molecule is COc1cc(/C=C/C(=O)N(CCN2CCOCC2)c2nc3ccc(C)cc3s2)cc(OC)c1OC. The fraction of sp³-hybridized carbons (Fsp3) is 0.385. The molecule has 0 aliphatic carbocycles. The third-order valence-electron chi connectivity index (χ3n) is 5.88. The van der Waals surface area contributed by atoms with Gasteiger partial charge in [-0.15, -0.1) is 0 Å². The van der Waals surface area contributed by atoms with Crippen molar-refractivity contribution in [3.63, 3.8) is 0 Å². The lowest BCUT2D eigenvalue weighted by molar-refractivity contribution is -0.114. The van der Waals surface area contributed by atoms with E-state index in [2.05, 4.69) is 17.9 Å². The Bertz CT molecular complexity index is 1180. The van der Waals surface area contributed by atoms with Crippen molar-refractivity contribution in [2.24, 2.45) is 0 Å². The predicted octanol–water partition coefficient (Wildman–Crippen LogP) is 4.01. The zero-order chi connectivity index (χ0) is 24.8. The average molecular weight is 498 g/mol. The molecule has 1 aliphatic heterocycles. The zero-order valence-electron chi connectivity index (χ0n) is 20.6. The first-order chi connectivity index (χ1) is 17.0. The third-order valence-corrected chi connectivity index (χ3v) is 6.92. The molecule has 1 aromatic heterocycles. The van der Waals surface area contributed by atoms with Crippen molar-refractivity contribution in [3.8, 4) is 17.2 Å². The molecule has 0 bridgehead atoms. The van der Waals surface area contributed by atoms with Crippen LogP contribution in [0, 0.1) is 6.92 Å². The molecule has 35 heavy (non-hydrogen) atoms. The van der Waals surface area contributed by atoms with Gasteiger partial charge >= 0.3 is 0 Å². The molecule has 0 N–H and O–H groups in total. The molecule has 186 valence electrons. The Morgan fingerprint density at radius 2 is 1.83 bits per heavy atom. The number of thiazole rings is 1. The van der Waals surface area contributed by atoms with Crippen LogP contribution in [0.4, 0.5) is 5.13 Å². The summed E-state index contributed by atoms with van der Waals surface area (Å²) >= 11 is 1.53. The van der Waals surface area contributed by atoms with Crippen molar-refractivity contribution in [3.05, 3.63) is 47.5 Å². The minimum Gasteiger partial charge on any atom is -0.493 e. The van der Waals surface area contributed by atoms with E-state index in [9.17, 15) is 4.79 Å². The highest BCUT2D eigenvalue weighted by Crippen LogP contribution is 2.38. The molecule has 0 radical (unpaired) electrons. The first kappa shape index (κ1) is 25.0. The maximum absolute atomic E-state index is 13.4. The maximum Gasteiger partial charge on any atom is 0.252 e. The van der Waals surface area contributed by atoms with Gasteiger partial charge in [-0.3, -0.25) is 14.6 Å². The minimum absolute atomic E-state index is 0.136. The van der Waals surface area contributed by atoms with Gasteiger partial charge in [-0.2, -0.15) is 0 Å². The molecular formula is C26H31N3O5S. The fourth-order valence-electron chi connectivity index (χ4n) is 3.96. The summed E-state index contributed by atoms with van der Waals surface area (Å²) in [6.45, 7) is 6.51. The molecule has 1 aliphatic rings. The molecular weight excluding hydrogens is 466 g/mol. The van der Waals surface area contributed by atoms with E-state index < -0.39 is 0 Å². The maximum atomic E-state index is 13.4. The Labute approximate surface area is 209 Å². The summed E-state index contributed by atoms with van der Waals surface area (Å²) in [6, 6.07) is 9.76. The molecule has 1 amide bonds. The number of aryl methyl sites for hydroxylation is 1. The standard InChI is InChI=1S/C26H31N3O5S/c1-18-5-7-20-23(15-18)35-26(27-20)29(10-9-28-11-13-34-14-12-28)24(30)8-6-19-16-21(31-2)25(33-4)22(17-19)32-3/h5-8,15-17H,9-14H2,1-4H3/b8-6+. The molecule has 0 atom stereocenters. The highest BCUT2D eigenvalue weighted by Gasteiger charge is 2.20. The molecule has 2 aromatic carbocycles. The second-order valence-corrected chi connectivity index (χ2v) is 9.21. The van der Waals surface area contributed by atoms with Crippen LogP contribution in [0.3, 0.4) is 0 Å². The average Bonchev–Trinajstić information content (AvgIpc) is 3.30. The summed E-state index contributed by atoms with van der Waals surface area (Å²) < 4.78 is 22.8. The van der Waals surface area contributed by atoms with Gasteiger partial charge in [0.1, 0.15) is 0 Å². The first-order valence-electron chi connectivity index (χ1n) is 11.5. The molecule has 2 heterocycles. The second-order valence-electron chi connectivity index (χ2n) is 8.20. The number of benzene rings is 2. The van der Waals surface area contributed by atoms with Crippen molar-refractivity contribution < 1.29 is 23.7 Å². The largest absolute Gasteiger partial charge is 0.493 e. The third kappa shape index (κ3) is 5.93. The zero-order valence-corrected chi connectivity index (χ0v) is 21.4. The van der Waals surface area contributed by atoms with E-state index in [1.165, 1.54) is 16.9 Å². The van der Waals surface area contributed by atoms with Gasteiger partial charge in [-0.05, 0) is 48.4 Å². The number of aromatic nitrogens is 1. The number of carbonyl (C=O) groups is 1. The Kier molecular flexibility index (Phi) is 8.22. The van der Waals surface area contributed by atoms with E-state index in [1.54, 1.807) is 38.4 Å². The molecule has 8 nitrogen and oxygen atoms in total. The van der Waals surface area contributed by atoms with Crippen molar-refractivity contribution in [1.82, 2.24) is 9.88 Å². The smallest absolute Gasteiger partial charge is 0.252 e. The normalized spacial score (nSPS) is 14.4. The number of amides is 1. The number of hydrogen-bond acceptors (Lipinski definition) is 8. The number of ether oxygens (including phenoxy) is 4. The number of hydrogen-bond donors (Lipinski definition) is 0. The lowest BCUT2D eigenvalue weighted by Crippen LogP contribution is -2.42. The van der Waals surface area contributed by atoms with Gasteiger partial charge in [0.15, 0.2) is 16.6 Å². The van der Waals surface area contributed by atoms with Crippen LogP contribution in [0.25, 0.3) is 16.3 Å².